The van der Waals surface area contributed by atoms with Crippen molar-refractivity contribution in [1.82, 2.24) is 4.90 Å². The van der Waals surface area contributed by atoms with Gasteiger partial charge >= 0.3 is 0 Å². The number of carbonyl (C=O) groups excluding carboxylic acids is 3. The molecule has 0 radical (unpaired) electrons. The van der Waals surface area contributed by atoms with E-state index in [1.165, 1.54) is 13.1 Å². The van der Waals surface area contributed by atoms with E-state index in [4.69, 9.17) is 0 Å². The molecular weight excluding hydrogens is 312 g/mol. The number of fused-ring (bicyclic) bond motifs is 1. The molecule has 0 atom stereocenters. The van der Waals surface area contributed by atoms with Crippen LogP contribution in [0.25, 0.3) is 0 Å². The Hall–Kier alpha value is -1.69. The summed E-state index contributed by atoms with van der Waals surface area (Å²) >= 11 is 3.25. The summed E-state index contributed by atoms with van der Waals surface area (Å²) in [5.74, 6) is -0.898. The number of benzene rings is 1. The zero-order chi connectivity index (χ0) is 14.4. The summed E-state index contributed by atoms with van der Waals surface area (Å²) in [6.07, 6.45) is 0. The second kappa shape index (κ2) is 4.45. The Morgan fingerprint density at radius 1 is 1.21 bits per heavy atom. The van der Waals surface area contributed by atoms with Crippen molar-refractivity contribution in [2.24, 2.45) is 0 Å². The minimum atomic E-state index is -0.706. The van der Waals surface area contributed by atoms with Crippen molar-refractivity contribution in [1.29, 1.82) is 0 Å². The molecule has 0 unspecified atom stereocenters. The molecule has 0 saturated heterocycles. The lowest BCUT2D eigenvalue weighted by Crippen LogP contribution is -2.31. The fourth-order valence-corrected chi connectivity index (χ4v) is 1.82. The number of amides is 3. The topological polar surface area (TPSA) is 66.5 Å². The van der Waals surface area contributed by atoms with Gasteiger partial charge in [-0.1, -0.05) is 15.9 Å². The molecular formula is C13H13BrN2O3. The predicted octanol–water partition coefficient (Wildman–Crippen LogP) is 2.02. The molecule has 100 valence electrons. The van der Waals surface area contributed by atoms with E-state index in [0.29, 0.717) is 16.8 Å². The summed E-state index contributed by atoms with van der Waals surface area (Å²) < 4.78 is -0.706. The van der Waals surface area contributed by atoms with Crippen LogP contribution < -0.4 is 5.32 Å². The van der Waals surface area contributed by atoms with Gasteiger partial charge in [0.15, 0.2) is 0 Å². The highest BCUT2D eigenvalue weighted by atomic mass is 79.9. The van der Waals surface area contributed by atoms with Gasteiger partial charge in [0.1, 0.15) is 0 Å². The summed E-state index contributed by atoms with van der Waals surface area (Å²) in [7, 11) is 1.44. The second-order valence-corrected chi connectivity index (χ2v) is 6.84. The molecule has 1 aromatic rings. The molecule has 1 aliphatic heterocycles. The van der Waals surface area contributed by atoms with E-state index in [2.05, 4.69) is 21.2 Å². The van der Waals surface area contributed by atoms with Crippen LogP contribution in [-0.2, 0) is 4.79 Å². The second-order valence-electron chi connectivity index (χ2n) is 4.86. The third kappa shape index (κ3) is 2.40. The number of imide groups is 1. The lowest BCUT2D eigenvalue weighted by atomic mass is 10.1. The molecule has 6 heteroatoms. The van der Waals surface area contributed by atoms with E-state index in [0.717, 1.165) is 4.90 Å². The van der Waals surface area contributed by atoms with Crippen LogP contribution in [0, 0.1) is 0 Å². The fraction of sp³-hybridized carbons (Fsp3) is 0.308. The molecule has 0 saturated carbocycles. The maximum absolute atomic E-state index is 11.8. The van der Waals surface area contributed by atoms with Gasteiger partial charge in [-0.3, -0.25) is 19.3 Å². The molecule has 0 fully saturated rings. The normalized spacial score (nSPS) is 14.6. The number of carbonyl (C=O) groups is 3. The quantitative estimate of drug-likeness (QED) is 0.668. The Labute approximate surface area is 119 Å². The highest BCUT2D eigenvalue weighted by molar-refractivity contribution is 9.10. The molecule has 0 aromatic heterocycles. The first-order valence-corrected chi connectivity index (χ1v) is 6.48. The first kappa shape index (κ1) is 13.7. The van der Waals surface area contributed by atoms with Gasteiger partial charge in [0.25, 0.3) is 11.8 Å². The van der Waals surface area contributed by atoms with Crippen LogP contribution >= 0.6 is 15.9 Å². The van der Waals surface area contributed by atoms with Crippen LogP contribution in [0.5, 0.6) is 0 Å². The average molecular weight is 325 g/mol. The van der Waals surface area contributed by atoms with Crippen LogP contribution in [-0.4, -0.2) is 34.0 Å². The summed E-state index contributed by atoms with van der Waals surface area (Å²) in [5.41, 5.74) is 1.18. The first-order chi connectivity index (χ1) is 8.71. The van der Waals surface area contributed by atoms with Crippen LogP contribution in [0.3, 0.4) is 0 Å². The van der Waals surface area contributed by atoms with Crippen molar-refractivity contribution in [3.63, 3.8) is 0 Å². The largest absolute Gasteiger partial charge is 0.325 e. The number of halogens is 1. The Kier molecular flexibility index (Phi) is 3.22. The zero-order valence-corrected chi connectivity index (χ0v) is 12.4. The predicted molar refractivity (Wildman–Crippen MR) is 74.5 cm³/mol. The molecule has 1 heterocycles. The molecule has 2 rings (SSSR count). The lowest BCUT2D eigenvalue weighted by molar-refractivity contribution is -0.117. The van der Waals surface area contributed by atoms with E-state index >= 15 is 0 Å². The molecule has 1 aromatic carbocycles. The summed E-state index contributed by atoms with van der Waals surface area (Å²) in [6, 6.07) is 4.69. The fourth-order valence-electron chi connectivity index (χ4n) is 1.72. The van der Waals surface area contributed by atoms with E-state index in [1.54, 1.807) is 26.0 Å². The molecule has 19 heavy (non-hydrogen) atoms. The van der Waals surface area contributed by atoms with Crippen LogP contribution in [0.4, 0.5) is 5.69 Å². The highest BCUT2D eigenvalue weighted by Crippen LogP contribution is 2.26. The third-order valence-electron chi connectivity index (χ3n) is 2.89. The van der Waals surface area contributed by atoms with Crippen molar-refractivity contribution in [3.8, 4) is 0 Å². The maximum atomic E-state index is 11.8. The van der Waals surface area contributed by atoms with E-state index in [1.807, 2.05) is 0 Å². The zero-order valence-electron chi connectivity index (χ0n) is 10.8. The van der Waals surface area contributed by atoms with Gasteiger partial charge in [0.05, 0.1) is 15.5 Å². The molecule has 0 bridgehead atoms. The molecule has 3 amide bonds. The number of hydrogen-bond donors (Lipinski definition) is 1. The Balaban J connectivity index is 2.32. The molecule has 0 spiro atoms. The van der Waals surface area contributed by atoms with Crippen molar-refractivity contribution >= 4 is 39.3 Å². The van der Waals surface area contributed by atoms with Gasteiger partial charge in [-0.05, 0) is 32.0 Å². The number of rotatable bonds is 2. The van der Waals surface area contributed by atoms with Crippen molar-refractivity contribution in [2.75, 3.05) is 12.4 Å². The van der Waals surface area contributed by atoms with Crippen molar-refractivity contribution in [2.45, 2.75) is 18.2 Å². The number of anilines is 1. The molecule has 5 nitrogen and oxygen atoms in total. The van der Waals surface area contributed by atoms with Gasteiger partial charge < -0.3 is 5.32 Å². The third-order valence-corrected chi connectivity index (χ3v) is 3.25. The molecule has 1 aliphatic rings. The minimum absolute atomic E-state index is 0.224. The van der Waals surface area contributed by atoms with Gasteiger partial charge in [0, 0.05) is 12.7 Å². The SMILES string of the molecule is CN1C(=O)c2ccc(NC(=O)C(C)(C)Br)cc2C1=O. The minimum Gasteiger partial charge on any atom is -0.325 e. The molecule has 1 N–H and O–H groups in total. The van der Waals surface area contributed by atoms with Gasteiger partial charge in [-0.15, -0.1) is 0 Å². The first-order valence-electron chi connectivity index (χ1n) is 5.68. The van der Waals surface area contributed by atoms with Gasteiger partial charge in [-0.2, -0.15) is 0 Å². The monoisotopic (exact) mass is 324 g/mol. The smallest absolute Gasteiger partial charge is 0.261 e. The van der Waals surface area contributed by atoms with Crippen molar-refractivity contribution in [3.05, 3.63) is 29.3 Å². The number of nitrogens with one attached hydrogen (secondary N) is 1. The number of hydrogen-bond acceptors (Lipinski definition) is 3. The number of nitrogens with zero attached hydrogens (tertiary/aromatic N) is 1. The van der Waals surface area contributed by atoms with Crippen LogP contribution in [0.2, 0.25) is 0 Å². The molecule has 0 aliphatic carbocycles. The standard InChI is InChI=1S/C13H13BrN2O3/c1-13(2,14)12(19)15-7-4-5-8-9(6-7)11(18)16(3)10(8)17/h4-6H,1-3H3,(H,15,19). The van der Waals surface area contributed by atoms with E-state index in [-0.39, 0.29) is 17.7 Å². The maximum Gasteiger partial charge on any atom is 0.261 e. The van der Waals surface area contributed by atoms with E-state index in [9.17, 15) is 14.4 Å². The Bertz CT molecular complexity index is 590. The van der Waals surface area contributed by atoms with Crippen LogP contribution in [0.1, 0.15) is 34.6 Å². The van der Waals surface area contributed by atoms with Crippen molar-refractivity contribution < 1.29 is 14.4 Å². The summed E-state index contributed by atoms with van der Waals surface area (Å²) in [6.45, 7) is 3.44. The van der Waals surface area contributed by atoms with E-state index < -0.39 is 4.32 Å². The van der Waals surface area contributed by atoms with Gasteiger partial charge in [0.2, 0.25) is 5.91 Å². The average Bonchev–Trinajstić information content (AvgIpc) is 2.53. The van der Waals surface area contributed by atoms with Gasteiger partial charge in [-0.25, -0.2) is 0 Å². The lowest BCUT2D eigenvalue weighted by Gasteiger charge is -2.16. The summed E-state index contributed by atoms with van der Waals surface area (Å²) in [5, 5.41) is 2.69. The highest BCUT2D eigenvalue weighted by Gasteiger charge is 2.33. The Morgan fingerprint density at radius 3 is 2.37 bits per heavy atom. The van der Waals surface area contributed by atoms with Crippen LogP contribution in [0.15, 0.2) is 18.2 Å². The summed E-state index contributed by atoms with van der Waals surface area (Å²) in [4.78, 5) is 36.4. The Morgan fingerprint density at radius 2 is 1.79 bits per heavy atom. The number of alkyl halides is 1.